The standard InChI is InChI=1S/C17H16N2O4/c1-23-12-5-3-2-4-11(12)15(20)18-19-16(21)13-9-6-7-10(8-9)14(13)17(19)22/h2-7,9-10,13-14H,8H2,1H3,(H,18,20)/t9-,10+,13-,14-/m0/s1. The number of hydrogen-bond acceptors (Lipinski definition) is 4. The predicted molar refractivity (Wildman–Crippen MR) is 80.0 cm³/mol. The summed E-state index contributed by atoms with van der Waals surface area (Å²) in [6, 6.07) is 6.69. The van der Waals surface area contributed by atoms with E-state index in [0.29, 0.717) is 5.75 Å². The van der Waals surface area contributed by atoms with Gasteiger partial charge in [0.2, 0.25) is 0 Å². The highest BCUT2D eigenvalue weighted by Crippen LogP contribution is 2.52. The van der Waals surface area contributed by atoms with E-state index >= 15 is 0 Å². The number of benzene rings is 1. The fraction of sp³-hybridized carbons (Fsp3) is 0.353. The lowest BCUT2D eigenvalue weighted by atomic mass is 9.85. The molecule has 1 N–H and O–H groups in total. The summed E-state index contributed by atoms with van der Waals surface area (Å²) in [5, 5.41) is 0.899. The van der Waals surface area contributed by atoms with Crippen molar-refractivity contribution < 1.29 is 19.1 Å². The van der Waals surface area contributed by atoms with Crippen molar-refractivity contribution in [3.63, 3.8) is 0 Å². The van der Waals surface area contributed by atoms with Gasteiger partial charge in [0.15, 0.2) is 0 Å². The maximum absolute atomic E-state index is 12.5. The lowest BCUT2D eigenvalue weighted by molar-refractivity contribution is -0.143. The van der Waals surface area contributed by atoms with Gasteiger partial charge in [0.05, 0.1) is 24.5 Å². The second-order valence-electron chi connectivity index (χ2n) is 6.15. The first-order chi connectivity index (χ1) is 11.1. The molecule has 3 amide bonds. The number of nitrogens with zero attached hydrogens (tertiary/aromatic N) is 1. The zero-order chi connectivity index (χ0) is 16.1. The maximum atomic E-state index is 12.5. The molecule has 3 aliphatic rings. The molecule has 2 fully saturated rings. The van der Waals surface area contributed by atoms with Gasteiger partial charge in [0, 0.05) is 0 Å². The molecule has 1 saturated carbocycles. The monoisotopic (exact) mass is 312 g/mol. The number of fused-ring (bicyclic) bond motifs is 5. The molecule has 6 heteroatoms. The number of rotatable bonds is 3. The highest BCUT2D eigenvalue weighted by molar-refractivity contribution is 6.09. The molecule has 2 aliphatic carbocycles. The molecule has 0 spiro atoms. The number of nitrogens with one attached hydrogen (secondary N) is 1. The van der Waals surface area contributed by atoms with Crippen LogP contribution in [0.3, 0.4) is 0 Å². The van der Waals surface area contributed by atoms with E-state index in [1.54, 1.807) is 24.3 Å². The number of ether oxygens (including phenoxy) is 1. The summed E-state index contributed by atoms with van der Waals surface area (Å²) in [6.45, 7) is 0. The van der Waals surface area contributed by atoms with Crippen LogP contribution in [0.4, 0.5) is 0 Å². The number of para-hydroxylation sites is 1. The number of amides is 3. The van der Waals surface area contributed by atoms with E-state index in [4.69, 9.17) is 4.74 Å². The molecule has 1 heterocycles. The number of imide groups is 1. The molecule has 4 atom stereocenters. The summed E-state index contributed by atoms with van der Waals surface area (Å²) in [5.74, 6) is -1.15. The van der Waals surface area contributed by atoms with Gasteiger partial charge in [-0.05, 0) is 30.4 Å². The topological polar surface area (TPSA) is 75.7 Å². The van der Waals surface area contributed by atoms with Crippen molar-refractivity contribution in [1.82, 2.24) is 10.4 Å². The van der Waals surface area contributed by atoms with Gasteiger partial charge in [-0.3, -0.25) is 19.8 Å². The van der Waals surface area contributed by atoms with Crippen LogP contribution in [-0.4, -0.2) is 29.8 Å². The number of hydrazine groups is 1. The first-order valence-corrected chi connectivity index (χ1v) is 7.62. The SMILES string of the molecule is COc1ccccc1C(=O)NN1C(=O)[C@@H]2[C@@H](C1=O)[C@H]1C=C[C@@H]2C1. The summed E-state index contributed by atoms with van der Waals surface area (Å²) in [5.41, 5.74) is 2.74. The molecule has 1 aromatic carbocycles. The third-order valence-electron chi connectivity index (χ3n) is 5.04. The van der Waals surface area contributed by atoms with Crippen molar-refractivity contribution in [3.05, 3.63) is 42.0 Å². The highest BCUT2D eigenvalue weighted by Gasteiger charge is 2.59. The van der Waals surface area contributed by atoms with Crippen LogP contribution in [0, 0.1) is 23.7 Å². The van der Waals surface area contributed by atoms with Gasteiger partial charge in [-0.1, -0.05) is 24.3 Å². The Morgan fingerprint density at radius 2 is 1.74 bits per heavy atom. The van der Waals surface area contributed by atoms with Crippen molar-refractivity contribution in [2.75, 3.05) is 7.11 Å². The Bertz CT molecular complexity index is 712. The number of carbonyl (C=O) groups excluding carboxylic acids is 3. The molecule has 2 bridgehead atoms. The van der Waals surface area contributed by atoms with Gasteiger partial charge >= 0.3 is 0 Å². The summed E-state index contributed by atoms with van der Waals surface area (Å²) in [6.07, 6.45) is 4.90. The van der Waals surface area contributed by atoms with E-state index < -0.39 is 5.91 Å². The first-order valence-electron chi connectivity index (χ1n) is 7.62. The normalized spacial score (nSPS) is 30.7. The van der Waals surface area contributed by atoms with Crippen molar-refractivity contribution in [2.24, 2.45) is 23.7 Å². The number of hydrogen-bond donors (Lipinski definition) is 1. The number of carbonyl (C=O) groups is 3. The predicted octanol–water partition coefficient (Wildman–Crippen LogP) is 1.15. The Labute approximate surface area is 133 Å². The van der Waals surface area contributed by atoms with Crippen molar-refractivity contribution in [1.29, 1.82) is 0 Å². The van der Waals surface area contributed by atoms with E-state index in [0.717, 1.165) is 11.4 Å². The first kappa shape index (κ1) is 14.0. The minimum Gasteiger partial charge on any atom is -0.496 e. The molecule has 118 valence electrons. The Hall–Kier alpha value is -2.63. The molecule has 4 rings (SSSR count). The lowest BCUT2D eigenvalue weighted by Crippen LogP contribution is -2.47. The maximum Gasteiger partial charge on any atom is 0.274 e. The largest absolute Gasteiger partial charge is 0.496 e. The van der Waals surface area contributed by atoms with E-state index in [9.17, 15) is 14.4 Å². The van der Waals surface area contributed by atoms with Crippen LogP contribution in [0.25, 0.3) is 0 Å². The van der Waals surface area contributed by atoms with E-state index in [2.05, 4.69) is 5.43 Å². The average molecular weight is 312 g/mol. The smallest absolute Gasteiger partial charge is 0.274 e. The van der Waals surface area contributed by atoms with Gasteiger partial charge in [-0.2, -0.15) is 5.01 Å². The van der Waals surface area contributed by atoms with E-state index in [1.807, 2.05) is 12.2 Å². The molecule has 0 aromatic heterocycles. The molecule has 1 aromatic rings. The quantitative estimate of drug-likeness (QED) is 0.671. The van der Waals surface area contributed by atoms with Gasteiger partial charge in [-0.25, -0.2) is 0 Å². The fourth-order valence-corrected chi connectivity index (χ4v) is 4.01. The van der Waals surface area contributed by atoms with Crippen LogP contribution in [-0.2, 0) is 9.59 Å². The molecule has 1 aliphatic heterocycles. The lowest BCUT2D eigenvalue weighted by Gasteiger charge is -2.18. The zero-order valence-corrected chi connectivity index (χ0v) is 12.6. The Morgan fingerprint density at radius 3 is 2.35 bits per heavy atom. The second kappa shape index (κ2) is 4.94. The molecular formula is C17H16N2O4. The van der Waals surface area contributed by atoms with Crippen molar-refractivity contribution in [2.45, 2.75) is 6.42 Å². The minimum absolute atomic E-state index is 0.120. The van der Waals surface area contributed by atoms with Gasteiger partial charge in [-0.15, -0.1) is 0 Å². The summed E-state index contributed by atoms with van der Waals surface area (Å²) >= 11 is 0. The summed E-state index contributed by atoms with van der Waals surface area (Å²) in [7, 11) is 1.46. The van der Waals surface area contributed by atoms with Crippen LogP contribution < -0.4 is 10.2 Å². The zero-order valence-electron chi connectivity index (χ0n) is 12.6. The van der Waals surface area contributed by atoms with Crippen LogP contribution in [0.15, 0.2) is 36.4 Å². The molecule has 6 nitrogen and oxygen atoms in total. The Balaban J connectivity index is 1.57. The summed E-state index contributed by atoms with van der Waals surface area (Å²) < 4.78 is 5.14. The average Bonchev–Trinajstić information content (AvgIpc) is 3.24. The van der Waals surface area contributed by atoms with E-state index in [-0.39, 0.29) is 41.0 Å². The van der Waals surface area contributed by atoms with Crippen molar-refractivity contribution >= 4 is 17.7 Å². The number of allylic oxidation sites excluding steroid dienone is 2. The van der Waals surface area contributed by atoms with Crippen LogP contribution in [0.1, 0.15) is 16.8 Å². The third-order valence-corrected chi connectivity index (χ3v) is 5.04. The van der Waals surface area contributed by atoms with Gasteiger partial charge < -0.3 is 4.74 Å². The van der Waals surface area contributed by atoms with Crippen LogP contribution in [0.2, 0.25) is 0 Å². The fourth-order valence-electron chi connectivity index (χ4n) is 4.01. The van der Waals surface area contributed by atoms with Crippen LogP contribution >= 0.6 is 0 Å². The molecule has 0 radical (unpaired) electrons. The van der Waals surface area contributed by atoms with Crippen LogP contribution in [0.5, 0.6) is 5.75 Å². The molecule has 0 unspecified atom stereocenters. The Kier molecular flexibility index (Phi) is 3.01. The molecule has 23 heavy (non-hydrogen) atoms. The third kappa shape index (κ3) is 1.91. The minimum atomic E-state index is -0.524. The van der Waals surface area contributed by atoms with Gasteiger partial charge in [0.1, 0.15) is 5.75 Å². The van der Waals surface area contributed by atoms with Gasteiger partial charge in [0.25, 0.3) is 17.7 Å². The van der Waals surface area contributed by atoms with E-state index in [1.165, 1.54) is 7.11 Å². The molecule has 1 saturated heterocycles. The number of methoxy groups -OCH3 is 1. The summed E-state index contributed by atoms with van der Waals surface area (Å²) in [4.78, 5) is 37.5. The Morgan fingerprint density at radius 1 is 1.13 bits per heavy atom. The van der Waals surface area contributed by atoms with Crippen molar-refractivity contribution in [3.8, 4) is 5.75 Å². The highest BCUT2D eigenvalue weighted by atomic mass is 16.5. The molecular weight excluding hydrogens is 296 g/mol. The second-order valence-corrected chi connectivity index (χ2v) is 6.15.